The van der Waals surface area contributed by atoms with Crippen molar-refractivity contribution in [3.63, 3.8) is 0 Å². The lowest BCUT2D eigenvalue weighted by molar-refractivity contribution is 0.141. The molecule has 2 saturated heterocycles. The van der Waals surface area contributed by atoms with Crippen LogP contribution in [0.5, 0.6) is 0 Å². The zero-order chi connectivity index (χ0) is 20.1. The summed E-state index contributed by atoms with van der Waals surface area (Å²) in [5, 5.41) is 23.7. The minimum absolute atomic E-state index is 0.0542. The van der Waals surface area contributed by atoms with E-state index in [9.17, 15) is 4.79 Å². The second kappa shape index (κ2) is 10.4. The van der Waals surface area contributed by atoms with Gasteiger partial charge in [0.1, 0.15) is 6.29 Å². The Morgan fingerprint density at radius 2 is 1.72 bits per heavy atom. The SMILES string of the molecule is CC1CC(NCCC2NCCN2)NC(NC(=O)NC2CCC3CCCCC3C2)N1. The van der Waals surface area contributed by atoms with Crippen LogP contribution >= 0.6 is 0 Å². The van der Waals surface area contributed by atoms with Crippen molar-refractivity contribution in [1.29, 1.82) is 0 Å². The monoisotopic (exact) mass is 407 g/mol. The molecule has 2 amide bonds. The number of urea groups is 1. The highest BCUT2D eigenvalue weighted by Gasteiger charge is 2.33. The number of hydrogen-bond donors (Lipinski definition) is 7. The summed E-state index contributed by atoms with van der Waals surface area (Å²) in [5.74, 6) is 1.74. The summed E-state index contributed by atoms with van der Waals surface area (Å²) in [5.41, 5.74) is 0. The molecule has 4 rings (SSSR count). The first-order chi connectivity index (χ1) is 14.2. The van der Waals surface area contributed by atoms with Crippen LogP contribution in [0.25, 0.3) is 0 Å². The van der Waals surface area contributed by atoms with Gasteiger partial charge in [0.25, 0.3) is 0 Å². The van der Waals surface area contributed by atoms with Gasteiger partial charge in [0.2, 0.25) is 0 Å². The van der Waals surface area contributed by atoms with Crippen molar-refractivity contribution in [1.82, 2.24) is 37.2 Å². The standard InChI is InChI=1S/C21H41N7O/c1-14-12-19(22-9-8-18-23-10-11-24-18)27-20(25-14)28-21(29)26-17-7-6-15-4-2-3-5-16(15)13-17/h14-20,22-25,27H,2-13H2,1H3,(H2,26,28,29). The average Bonchev–Trinajstić information content (AvgIpc) is 3.21. The van der Waals surface area contributed by atoms with Crippen molar-refractivity contribution in [2.45, 2.75) is 95.4 Å². The third-order valence-electron chi connectivity index (χ3n) is 7.29. The normalized spacial score (nSPS) is 38.4. The lowest BCUT2D eigenvalue weighted by Crippen LogP contribution is -2.68. The van der Waals surface area contributed by atoms with Crippen LogP contribution in [0, 0.1) is 11.8 Å². The van der Waals surface area contributed by atoms with Crippen molar-refractivity contribution in [3.8, 4) is 0 Å². The number of hydrogen-bond acceptors (Lipinski definition) is 6. The number of carbonyl (C=O) groups excluding carboxylic acids is 1. The van der Waals surface area contributed by atoms with Gasteiger partial charge in [0.05, 0.1) is 12.3 Å². The third-order valence-corrected chi connectivity index (χ3v) is 7.29. The number of fused-ring (bicyclic) bond motifs is 1. The first-order valence-corrected chi connectivity index (χ1v) is 11.9. The Morgan fingerprint density at radius 3 is 2.55 bits per heavy atom. The molecule has 7 N–H and O–H groups in total. The van der Waals surface area contributed by atoms with Gasteiger partial charge in [-0.2, -0.15) is 0 Å². The quantitative estimate of drug-likeness (QED) is 0.350. The molecule has 0 aromatic carbocycles. The van der Waals surface area contributed by atoms with E-state index in [2.05, 4.69) is 44.1 Å². The fourth-order valence-corrected chi connectivity index (χ4v) is 5.78. The minimum atomic E-state index is -0.204. The maximum Gasteiger partial charge on any atom is 0.317 e. The van der Waals surface area contributed by atoms with Gasteiger partial charge in [-0.25, -0.2) is 4.79 Å². The molecule has 2 aliphatic heterocycles. The van der Waals surface area contributed by atoms with Crippen molar-refractivity contribution in [2.75, 3.05) is 19.6 Å². The summed E-state index contributed by atoms with van der Waals surface area (Å²) in [6.45, 7) is 5.22. The van der Waals surface area contributed by atoms with Gasteiger partial charge in [-0.05, 0) is 57.4 Å². The molecule has 0 spiro atoms. The van der Waals surface area contributed by atoms with E-state index in [-0.39, 0.29) is 18.5 Å². The van der Waals surface area contributed by atoms with Gasteiger partial charge in [0.15, 0.2) is 0 Å². The highest BCUT2D eigenvalue weighted by molar-refractivity contribution is 5.74. The van der Waals surface area contributed by atoms with Crippen LogP contribution < -0.4 is 37.2 Å². The zero-order valence-corrected chi connectivity index (χ0v) is 17.9. The Kier molecular flexibility index (Phi) is 7.64. The second-order valence-electron chi connectivity index (χ2n) is 9.59. The summed E-state index contributed by atoms with van der Waals surface area (Å²) < 4.78 is 0. The van der Waals surface area contributed by atoms with E-state index in [0.29, 0.717) is 18.2 Å². The molecule has 6 unspecified atom stereocenters. The van der Waals surface area contributed by atoms with Crippen LogP contribution in [0.4, 0.5) is 4.79 Å². The first kappa shape index (κ1) is 21.3. The van der Waals surface area contributed by atoms with Gasteiger partial charge in [-0.1, -0.05) is 25.7 Å². The first-order valence-electron chi connectivity index (χ1n) is 11.9. The van der Waals surface area contributed by atoms with E-state index in [4.69, 9.17) is 0 Å². The van der Waals surface area contributed by atoms with Gasteiger partial charge >= 0.3 is 6.03 Å². The van der Waals surface area contributed by atoms with E-state index < -0.39 is 0 Å². The Morgan fingerprint density at radius 1 is 0.931 bits per heavy atom. The van der Waals surface area contributed by atoms with Crippen molar-refractivity contribution >= 4 is 6.03 Å². The topological polar surface area (TPSA) is 101 Å². The molecule has 166 valence electrons. The lowest BCUT2D eigenvalue weighted by atomic mass is 9.69. The molecule has 4 aliphatic rings. The van der Waals surface area contributed by atoms with Crippen LogP contribution in [0.15, 0.2) is 0 Å². The van der Waals surface area contributed by atoms with Crippen LogP contribution in [0.1, 0.15) is 64.7 Å². The molecular weight excluding hydrogens is 366 g/mol. The molecule has 0 aromatic rings. The predicted octanol–water partition coefficient (Wildman–Crippen LogP) is 0.724. The van der Waals surface area contributed by atoms with Gasteiger partial charge < -0.3 is 26.6 Å². The number of nitrogens with one attached hydrogen (secondary N) is 7. The fourth-order valence-electron chi connectivity index (χ4n) is 5.78. The summed E-state index contributed by atoms with van der Waals surface area (Å²) in [6.07, 6.45) is 11.6. The third kappa shape index (κ3) is 6.28. The lowest BCUT2D eigenvalue weighted by Gasteiger charge is -2.40. The summed E-state index contributed by atoms with van der Waals surface area (Å²) in [4.78, 5) is 12.6. The zero-order valence-electron chi connectivity index (χ0n) is 17.9. The van der Waals surface area contributed by atoms with Crippen molar-refractivity contribution in [3.05, 3.63) is 0 Å². The van der Waals surface area contributed by atoms with Crippen LogP contribution in [-0.2, 0) is 0 Å². The van der Waals surface area contributed by atoms with Crippen LogP contribution in [-0.4, -0.2) is 56.4 Å². The Labute approximate surface area is 175 Å². The predicted molar refractivity (Wildman–Crippen MR) is 115 cm³/mol. The fraction of sp³-hybridized carbons (Fsp3) is 0.952. The summed E-state index contributed by atoms with van der Waals surface area (Å²) in [6, 6.07) is 0.622. The second-order valence-corrected chi connectivity index (χ2v) is 9.59. The Hall–Kier alpha value is -0.930. The number of rotatable bonds is 6. The molecule has 0 radical (unpaired) electrons. The summed E-state index contributed by atoms with van der Waals surface area (Å²) in [7, 11) is 0. The number of carbonyl (C=O) groups is 1. The molecule has 8 nitrogen and oxygen atoms in total. The van der Waals surface area contributed by atoms with Crippen molar-refractivity contribution in [2.24, 2.45) is 11.8 Å². The molecule has 0 aromatic heterocycles. The Balaban J connectivity index is 1.17. The van der Waals surface area contributed by atoms with Gasteiger partial charge in [0, 0.05) is 25.2 Å². The number of amides is 2. The summed E-state index contributed by atoms with van der Waals surface area (Å²) >= 11 is 0. The van der Waals surface area contributed by atoms with Crippen LogP contribution in [0.3, 0.4) is 0 Å². The molecular formula is C21H41N7O. The minimum Gasteiger partial charge on any atom is -0.335 e. The molecule has 2 aliphatic carbocycles. The van der Waals surface area contributed by atoms with Crippen LogP contribution in [0.2, 0.25) is 0 Å². The smallest absolute Gasteiger partial charge is 0.317 e. The largest absolute Gasteiger partial charge is 0.335 e. The molecule has 0 bridgehead atoms. The Bertz CT molecular complexity index is 527. The average molecular weight is 408 g/mol. The maximum atomic E-state index is 12.6. The van der Waals surface area contributed by atoms with Gasteiger partial charge in [-0.3, -0.25) is 10.6 Å². The molecule has 8 heteroatoms. The molecule has 4 fully saturated rings. The van der Waals surface area contributed by atoms with E-state index in [1.54, 1.807) is 0 Å². The maximum absolute atomic E-state index is 12.6. The van der Waals surface area contributed by atoms with Crippen molar-refractivity contribution < 1.29 is 4.79 Å². The highest BCUT2D eigenvalue weighted by Crippen LogP contribution is 2.40. The van der Waals surface area contributed by atoms with E-state index in [0.717, 1.165) is 57.2 Å². The highest BCUT2D eigenvalue weighted by atomic mass is 16.2. The molecule has 2 saturated carbocycles. The van der Waals surface area contributed by atoms with Gasteiger partial charge in [-0.15, -0.1) is 0 Å². The van der Waals surface area contributed by atoms with E-state index >= 15 is 0 Å². The molecule has 2 heterocycles. The van der Waals surface area contributed by atoms with E-state index in [1.807, 2.05) is 0 Å². The van der Waals surface area contributed by atoms with E-state index in [1.165, 1.54) is 32.1 Å². The molecule has 6 atom stereocenters. The molecule has 29 heavy (non-hydrogen) atoms.